The number of ether oxygens (including phenoxy) is 4. The Labute approximate surface area is 274 Å². The van der Waals surface area contributed by atoms with Crippen molar-refractivity contribution < 1.29 is 28.5 Å². The molecule has 0 atom stereocenters. The standard InChI is InChI=1S/C34H35BrN4O7/c1-43-29-8-3-22(19-30(29)44-2)9-11-38-31(36-28-20-23(35)4-6-26(28)33(38)41)10-12-39-32(40)25-7-5-24(21-27(25)34(39)42)46-18-15-37-13-16-45-17-14-37/h3-8,19-21H,9-18H2,1-2H3. The number of rotatable bonds is 12. The van der Waals surface area contributed by atoms with E-state index in [-0.39, 0.29) is 30.3 Å². The Bertz CT molecular complexity index is 1840. The summed E-state index contributed by atoms with van der Waals surface area (Å²) in [5.41, 5.74) is 1.96. The maximum atomic E-state index is 13.7. The van der Waals surface area contributed by atoms with Crippen LogP contribution in [-0.2, 0) is 24.1 Å². The first kappa shape index (κ1) is 31.7. The average molecular weight is 692 g/mol. The van der Waals surface area contributed by atoms with Gasteiger partial charge in [-0.15, -0.1) is 0 Å². The molecule has 0 N–H and O–H groups in total. The van der Waals surface area contributed by atoms with Gasteiger partial charge in [0.1, 0.15) is 18.2 Å². The van der Waals surface area contributed by atoms with Gasteiger partial charge in [-0.25, -0.2) is 4.98 Å². The van der Waals surface area contributed by atoms with Crippen molar-refractivity contribution in [1.82, 2.24) is 19.4 Å². The van der Waals surface area contributed by atoms with E-state index < -0.39 is 0 Å². The molecular weight excluding hydrogens is 656 g/mol. The molecule has 0 aliphatic carbocycles. The fraction of sp³-hybridized carbons (Fsp3) is 0.353. The van der Waals surface area contributed by atoms with Crippen molar-refractivity contribution in [1.29, 1.82) is 0 Å². The molecule has 6 rings (SSSR count). The van der Waals surface area contributed by atoms with Gasteiger partial charge in [0.05, 0.1) is 49.5 Å². The molecule has 1 aromatic heterocycles. The summed E-state index contributed by atoms with van der Waals surface area (Å²) >= 11 is 3.47. The summed E-state index contributed by atoms with van der Waals surface area (Å²) in [5, 5.41) is 0.487. The van der Waals surface area contributed by atoms with Crippen LogP contribution < -0.4 is 19.8 Å². The minimum atomic E-state index is -0.388. The third kappa shape index (κ3) is 6.64. The number of hydrogen-bond acceptors (Lipinski definition) is 9. The molecule has 4 aromatic rings. The highest BCUT2D eigenvalue weighted by atomic mass is 79.9. The SMILES string of the molecule is COc1ccc(CCn2c(CCN3C(=O)c4ccc(OCCN5CCOCC5)cc4C3=O)nc3cc(Br)ccc3c2=O)cc1OC. The Kier molecular flexibility index (Phi) is 9.67. The number of fused-ring (bicyclic) bond motifs is 2. The predicted molar refractivity (Wildman–Crippen MR) is 175 cm³/mol. The first-order valence-electron chi connectivity index (χ1n) is 15.2. The summed E-state index contributed by atoms with van der Waals surface area (Å²) in [6.45, 7) is 4.79. The Hall–Kier alpha value is -4.26. The van der Waals surface area contributed by atoms with E-state index in [1.54, 1.807) is 49.1 Å². The van der Waals surface area contributed by atoms with Crippen molar-refractivity contribution >= 4 is 38.6 Å². The van der Waals surface area contributed by atoms with Crippen LogP contribution in [0.15, 0.2) is 63.9 Å². The number of hydrogen-bond donors (Lipinski definition) is 0. The normalized spacial score (nSPS) is 15.0. The number of carbonyl (C=O) groups excluding carboxylic acids is 2. The summed E-state index contributed by atoms with van der Waals surface area (Å²) in [6.07, 6.45) is 0.732. The highest BCUT2D eigenvalue weighted by molar-refractivity contribution is 9.10. The Balaban J connectivity index is 1.19. The second-order valence-corrected chi connectivity index (χ2v) is 12.0. The number of methoxy groups -OCH3 is 2. The number of aromatic nitrogens is 2. The Morgan fingerprint density at radius 3 is 2.39 bits per heavy atom. The number of imide groups is 1. The lowest BCUT2D eigenvalue weighted by Crippen LogP contribution is -2.38. The summed E-state index contributed by atoms with van der Waals surface area (Å²) in [5.74, 6) is 1.49. The zero-order valence-electron chi connectivity index (χ0n) is 25.8. The minimum Gasteiger partial charge on any atom is -0.493 e. The van der Waals surface area contributed by atoms with Crippen molar-refractivity contribution in [2.45, 2.75) is 19.4 Å². The van der Waals surface area contributed by atoms with Crippen molar-refractivity contribution in [3.8, 4) is 17.2 Å². The molecule has 46 heavy (non-hydrogen) atoms. The number of amides is 2. The Morgan fingerprint density at radius 1 is 0.826 bits per heavy atom. The van der Waals surface area contributed by atoms with Crippen LogP contribution in [0, 0.1) is 0 Å². The third-order valence-corrected chi connectivity index (χ3v) is 8.84. The van der Waals surface area contributed by atoms with Crippen LogP contribution >= 0.6 is 15.9 Å². The van der Waals surface area contributed by atoms with Gasteiger partial charge in [-0.2, -0.15) is 0 Å². The average Bonchev–Trinajstić information content (AvgIpc) is 3.31. The van der Waals surface area contributed by atoms with Crippen molar-refractivity contribution in [3.05, 3.63) is 91.9 Å². The molecule has 2 aliphatic rings. The molecule has 0 radical (unpaired) electrons. The lowest BCUT2D eigenvalue weighted by Gasteiger charge is -2.26. The minimum absolute atomic E-state index is 0.0713. The summed E-state index contributed by atoms with van der Waals surface area (Å²) in [6, 6.07) is 16.0. The molecular formula is C34H35BrN4O7. The predicted octanol–water partition coefficient (Wildman–Crippen LogP) is 3.97. The van der Waals surface area contributed by atoms with Crippen LogP contribution in [0.5, 0.6) is 17.2 Å². The second-order valence-electron chi connectivity index (χ2n) is 11.1. The van der Waals surface area contributed by atoms with Gasteiger partial charge in [0.25, 0.3) is 17.4 Å². The fourth-order valence-electron chi connectivity index (χ4n) is 5.83. The van der Waals surface area contributed by atoms with E-state index >= 15 is 0 Å². The number of benzene rings is 3. The third-order valence-electron chi connectivity index (χ3n) is 8.35. The first-order chi connectivity index (χ1) is 22.4. The number of aryl methyl sites for hydroxylation is 1. The van der Waals surface area contributed by atoms with Gasteiger partial charge in [0.15, 0.2) is 11.5 Å². The quantitative estimate of drug-likeness (QED) is 0.204. The van der Waals surface area contributed by atoms with Crippen molar-refractivity contribution in [3.63, 3.8) is 0 Å². The topological polar surface area (TPSA) is 112 Å². The van der Waals surface area contributed by atoms with Crippen molar-refractivity contribution in [2.24, 2.45) is 0 Å². The lowest BCUT2D eigenvalue weighted by atomic mass is 10.1. The molecule has 2 amide bonds. The van der Waals surface area contributed by atoms with E-state index in [2.05, 4.69) is 20.8 Å². The number of carbonyl (C=O) groups is 2. The molecule has 1 saturated heterocycles. The number of halogens is 1. The van der Waals surface area contributed by atoms with E-state index in [1.807, 2.05) is 24.3 Å². The Morgan fingerprint density at radius 2 is 1.61 bits per heavy atom. The van der Waals surface area contributed by atoms with Gasteiger partial charge in [-0.3, -0.25) is 28.8 Å². The molecule has 0 bridgehead atoms. The first-order valence-corrected chi connectivity index (χ1v) is 16.0. The maximum Gasteiger partial charge on any atom is 0.261 e. The van der Waals surface area contributed by atoms with Gasteiger partial charge >= 0.3 is 0 Å². The summed E-state index contributed by atoms with van der Waals surface area (Å²) < 4.78 is 24.5. The van der Waals surface area contributed by atoms with E-state index in [4.69, 9.17) is 23.9 Å². The van der Waals surface area contributed by atoms with Crippen LogP contribution in [0.2, 0.25) is 0 Å². The second kappa shape index (κ2) is 14.0. The van der Waals surface area contributed by atoms with Gasteiger partial charge in [-0.1, -0.05) is 22.0 Å². The molecule has 1 fully saturated rings. The van der Waals surface area contributed by atoms with Crippen molar-refractivity contribution in [2.75, 3.05) is 60.2 Å². The zero-order chi connectivity index (χ0) is 32.2. The zero-order valence-corrected chi connectivity index (χ0v) is 27.4. The van der Waals surface area contributed by atoms with Crippen LogP contribution in [-0.4, -0.2) is 91.4 Å². The number of nitrogens with zero attached hydrogens (tertiary/aromatic N) is 4. The van der Waals surface area contributed by atoms with Gasteiger partial charge < -0.3 is 18.9 Å². The molecule has 0 unspecified atom stereocenters. The molecule has 240 valence electrons. The highest BCUT2D eigenvalue weighted by Gasteiger charge is 2.36. The molecule has 0 spiro atoms. The number of morpholine rings is 1. The molecule has 0 saturated carbocycles. The molecule has 12 heteroatoms. The van der Waals surface area contributed by atoms with Crippen LogP contribution in [0.25, 0.3) is 10.9 Å². The smallest absolute Gasteiger partial charge is 0.261 e. The molecule has 3 heterocycles. The van der Waals surface area contributed by atoms with Crippen LogP contribution in [0.4, 0.5) is 0 Å². The summed E-state index contributed by atoms with van der Waals surface area (Å²) in [7, 11) is 3.16. The van der Waals surface area contributed by atoms with E-state index in [0.29, 0.717) is 77.9 Å². The van der Waals surface area contributed by atoms with E-state index in [0.717, 1.165) is 29.7 Å². The molecule has 3 aromatic carbocycles. The van der Waals surface area contributed by atoms with Gasteiger partial charge in [-0.05, 0) is 60.5 Å². The monoisotopic (exact) mass is 690 g/mol. The van der Waals surface area contributed by atoms with Crippen LogP contribution in [0.1, 0.15) is 32.1 Å². The lowest BCUT2D eigenvalue weighted by molar-refractivity contribution is 0.0322. The summed E-state index contributed by atoms with van der Waals surface area (Å²) in [4.78, 5) is 48.8. The molecule has 2 aliphatic heterocycles. The van der Waals surface area contributed by atoms with Crippen LogP contribution in [0.3, 0.4) is 0 Å². The van der Waals surface area contributed by atoms with Gasteiger partial charge in [0.2, 0.25) is 0 Å². The fourth-order valence-corrected chi connectivity index (χ4v) is 6.18. The highest BCUT2D eigenvalue weighted by Crippen LogP contribution is 2.29. The maximum absolute atomic E-state index is 13.7. The van der Waals surface area contributed by atoms with Gasteiger partial charge in [0, 0.05) is 43.6 Å². The molecule has 11 nitrogen and oxygen atoms in total. The largest absolute Gasteiger partial charge is 0.493 e. The van der Waals surface area contributed by atoms with E-state index in [9.17, 15) is 14.4 Å². The van der Waals surface area contributed by atoms with E-state index in [1.165, 1.54) is 4.90 Å².